The van der Waals surface area contributed by atoms with E-state index in [1.807, 2.05) is 0 Å². The van der Waals surface area contributed by atoms with E-state index in [2.05, 4.69) is 9.97 Å². The van der Waals surface area contributed by atoms with E-state index in [-0.39, 0.29) is 0 Å². The Balaban J connectivity index is 2.21. The monoisotopic (exact) mass is 319 g/mol. The third-order valence-corrected chi connectivity index (χ3v) is 3.44. The summed E-state index contributed by atoms with van der Waals surface area (Å²) in [5.41, 5.74) is 2.89. The second-order valence-electron chi connectivity index (χ2n) is 4.73. The highest BCUT2D eigenvalue weighted by molar-refractivity contribution is 5.71. The SMILES string of the molecule is Nc1nc2c(ncn2[C@]2(F)O[C@H](CO)[C@@H](O)[C@H]2O)c(=O)n1F. The Kier molecular flexibility index (Phi) is 3.14. The molecule has 0 saturated carbocycles. The predicted molar refractivity (Wildman–Crippen MR) is 65.8 cm³/mol. The highest BCUT2D eigenvalue weighted by Gasteiger charge is 2.57. The zero-order valence-corrected chi connectivity index (χ0v) is 10.8. The van der Waals surface area contributed by atoms with Crippen molar-refractivity contribution in [3.8, 4) is 0 Å². The lowest BCUT2D eigenvalue weighted by Gasteiger charge is -2.24. The van der Waals surface area contributed by atoms with Gasteiger partial charge in [0.15, 0.2) is 17.3 Å². The van der Waals surface area contributed by atoms with Crippen LogP contribution in [-0.2, 0) is 10.7 Å². The van der Waals surface area contributed by atoms with Crippen LogP contribution < -0.4 is 11.3 Å². The Bertz CT molecular complexity index is 794. The minimum Gasteiger partial charge on any atom is -0.394 e. The fourth-order valence-electron chi connectivity index (χ4n) is 2.28. The van der Waals surface area contributed by atoms with E-state index in [0.717, 1.165) is 6.33 Å². The molecule has 0 aromatic carbocycles. The van der Waals surface area contributed by atoms with Crippen LogP contribution in [0.5, 0.6) is 0 Å². The lowest BCUT2D eigenvalue weighted by molar-refractivity contribution is -0.235. The van der Waals surface area contributed by atoms with E-state index in [0.29, 0.717) is 4.57 Å². The smallest absolute Gasteiger partial charge is 0.325 e. The number of aromatic nitrogens is 4. The van der Waals surface area contributed by atoms with Crippen molar-refractivity contribution in [2.75, 3.05) is 12.3 Å². The minimum absolute atomic E-state index is 0.470. The van der Waals surface area contributed by atoms with Gasteiger partial charge in [-0.3, -0.25) is 9.36 Å². The van der Waals surface area contributed by atoms with Gasteiger partial charge in [-0.25, -0.2) is 4.98 Å². The molecule has 0 unspecified atom stereocenters. The summed E-state index contributed by atoms with van der Waals surface area (Å²) in [6.45, 7) is -0.761. The van der Waals surface area contributed by atoms with Gasteiger partial charge in [-0.05, 0) is 0 Å². The average molecular weight is 319 g/mol. The third-order valence-electron chi connectivity index (χ3n) is 3.44. The van der Waals surface area contributed by atoms with Crippen LogP contribution in [0.2, 0.25) is 0 Å². The Hall–Kier alpha value is -2.15. The molecule has 120 valence electrons. The summed E-state index contributed by atoms with van der Waals surface area (Å²) in [6.07, 6.45) is -4.49. The first kappa shape index (κ1) is 14.8. The molecule has 0 amide bonds. The molecular weight excluding hydrogens is 308 g/mol. The van der Waals surface area contributed by atoms with Crippen LogP contribution in [0.3, 0.4) is 0 Å². The number of imidazole rings is 1. The molecule has 5 N–H and O–H groups in total. The molecule has 1 saturated heterocycles. The molecule has 4 atom stereocenters. The molecule has 1 aliphatic heterocycles. The first-order valence-electron chi connectivity index (χ1n) is 6.07. The highest BCUT2D eigenvalue weighted by atomic mass is 19.2. The number of aliphatic hydroxyl groups is 3. The van der Waals surface area contributed by atoms with Gasteiger partial charge in [-0.2, -0.15) is 9.37 Å². The standard InChI is InChI=1S/C10H11F2N5O5/c11-10(6(20)5(19)3(1-18)22-10)16-2-14-4-7(16)15-9(13)17(12)8(4)21/h2-3,5-6,18-20H,1H2,(H2,13,15)/t3-,5-,6-,10+/m1/s1. The van der Waals surface area contributed by atoms with E-state index in [1.165, 1.54) is 0 Å². The Morgan fingerprint density at radius 2 is 2.18 bits per heavy atom. The highest BCUT2D eigenvalue weighted by Crippen LogP contribution is 2.38. The fraction of sp³-hybridized carbons (Fsp3) is 0.500. The topological polar surface area (TPSA) is 149 Å². The molecule has 10 nitrogen and oxygen atoms in total. The molecule has 0 spiro atoms. The molecule has 22 heavy (non-hydrogen) atoms. The Labute approximate surface area is 119 Å². The van der Waals surface area contributed by atoms with Crippen molar-refractivity contribution < 1.29 is 28.9 Å². The zero-order chi connectivity index (χ0) is 16.2. The van der Waals surface area contributed by atoms with Gasteiger partial charge >= 0.3 is 11.5 Å². The summed E-state index contributed by atoms with van der Waals surface area (Å²) in [5.74, 6) is -3.91. The molecule has 0 radical (unpaired) electrons. The summed E-state index contributed by atoms with van der Waals surface area (Å²) in [4.78, 5) is 18.2. The number of nitrogens with two attached hydrogens (primary N) is 1. The predicted octanol–water partition coefficient (Wildman–Crippen LogP) is -2.40. The molecule has 3 rings (SSSR count). The number of hydrogen-bond acceptors (Lipinski definition) is 8. The molecule has 0 aliphatic carbocycles. The van der Waals surface area contributed by atoms with Crippen LogP contribution in [0.1, 0.15) is 0 Å². The van der Waals surface area contributed by atoms with Crippen LogP contribution in [0.25, 0.3) is 11.2 Å². The quantitative estimate of drug-likeness (QED) is 0.479. The number of rotatable bonds is 2. The fourth-order valence-corrected chi connectivity index (χ4v) is 2.28. The van der Waals surface area contributed by atoms with Gasteiger partial charge < -0.3 is 25.8 Å². The maximum Gasteiger partial charge on any atom is 0.325 e. The van der Waals surface area contributed by atoms with Gasteiger partial charge in [-0.1, -0.05) is 4.48 Å². The number of ether oxygens (including phenoxy) is 1. The minimum atomic E-state index is -3.06. The third kappa shape index (κ3) is 1.75. The second-order valence-corrected chi connectivity index (χ2v) is 4.73. The van der Waals surface area contributed by atoms with Crippen LogP contribution in [0.15, 0.2) is 11.1 Å². The van der Waals surface area contributed by atoms with Crippen molar-refractivity contribution in [2.24, 2.45) is 0 Å². The summed E-state index contributed by atoms with van der Waals surface area (Å²) in [5, 5.41) is 28.4. The van der Waals surface area contributed by atoms with Crippen molar-refractivity contribution in [1.29, 1.82) is 0 Å². The first-order chi connectivity index (χ1) is 10.3. The number of hydrogen-bond donors (Lipinski definition) is 4. The van der Waals surface area contributed by atoms with Gasteiger partial charge in [0.1, 0.15) is 18.5 Å². The van der Waals surface area contributed by atoms with E-state index in [1.54, 1.807) is 0 Å². The number of anilines is 1. The maximum absolute atomic E-state index is 14.9. The summed E-state index contributed by atoms with van der Waals surface area (Å²) < 4.78 is 33.6. The van der Waals surface area contributed by atoms with E-state index >= 15 is 0 Å². The van der Waals surface area contributed by atoms with Crippen LogP contribution in [-0.4, -0.2) is 59.6 Å². The number of nitrogens with zero attached hydrogens (tertiary/aromatic N) is 4. The molecule has 2 aromatic heterocycles. The number of aliphatic hydroxyl groups excluding tert-OH is 3. The molecule has 0 bridgehead atoms. The van der Waals surface area contributed by atoms with Gasteiger partial charge in [0, 0.05) is 0 Å². The molecule has 2 aromatic rings. The molecule has 1 fully saturated rings. The van der Waals surface area contributed by atoms with Crippen molar-refractivity contribution in [1.82, 2.24) is 19.3 Å². The first-order valence-corrected chi connectivity index (χ1v) is 6.07. The molecular formula is C10H11F2N5O5. The Morgan fingerprint density at radius 1 is 1.50 bits per heavy atom. The largest absolute Gasteiger partial charge is 0.394 e. The number of fused-ring (bicyclic) bond motifs is 1. The number of nitrogen functional groups attached to an aromatic ring is 1. The van der Waals surface area contributed by atoms with Crippen LogP contribution in [0.4, 0.5) is 14.8 Å². The van der Waals surface area contributed by atoms with Gasteiger partial charge in [0.2, 0.25) is 5.95 Å². The molecule has 3 heterocycles. The van der Waals surface area contributed by atoms with Crippen LogP contribution in [0, 0.1) is 0 Å². The van der Waals surface area contributed by atoms with Gasteiger partial charge in [0.25, 0.3) is 0 Å². The van der Waals surface area contributed by atoms with Crippen molar-refractivity contribution in [2.45, 2.75) is 24.3 Å². The lowest BCUT2D eigenvalue weighted by atomic mass is 10.1. The van der Waals surface area contributed by atoms with Crippen LogP contribution >= 0.6 is 0 Å². The van der Waals surface area contributed by atoms with Gasteiger partial charge in [-0.15, -0.1) is 4.79 Å². The summed E-state index contributed by atoms with van der Waals surface area (Å²) in [7, 11) is 0. The van der Waals surface area contributed by atoms with Gasteiger partial charge in [0.05, 0.1) is 6.61 Å². The summed E-state index contributed by atoms with van der Waals surface area (Å²) >= 11 is 0. The van der Waals surface area contributed by atoms with Crippen molar-refractivity contribution in [3.63, 3.8) is 0 Å². The second kappa shape index (κ2) is 4.67. The van der Waals surface area contributed by atoms with E-state index < -0.39 is 58.4 Å². The van der Waals surface area contributed by atoms with E-state index in [9.17, 15) is 23.9 Å². The lowest BCUT2D eigenvalue weighted by Crippen LogP contribution is -2.42. The average Bonchev–Trinajstić information content (AvgIpc) is 3.01. The normalized spacial score (nSPS) is 32.0. The Morgan fingerprint density at radius 3 is 2.77 bits per heavy atom. The molecule has 12 heteroatoms. The van der Waals surface area contributed by atoms with E-state index in [4.69, 9.17) is 15.6 Å². The van der Waals surface area contributed by atoms with Crippen molar-refractivity contribution in [3.05, 3.63) is 16.7 Å². The zero-order valence-electron chi connectivity index (χ0n) is 10.8. The maximum atomic E-state index is 14.9. The number of alkyl halides is 1. The van der Waals surface area contributed by atoms with Crippen molar-refractivity contribution >= 4 is 17.1 Å². The number of halogens is 2. The molecule has 1 aliphatic rings. The summed E-state index contributed by atoms with van der Waals surface area (Å²) in [6, 6.07) is 0.